The third kappa shape index (κ3) is 7.33. The molecular formula is C46H43FIrN4O-2. The number of fused-ring (bicyclic) bond motifs is 4. The van der Waals surface area contributed by atoms with Crippen molar-refractivity contribution in [3.05, 3.63) is 144 Å². The normalized spacial score (nSPS) is 12.8. The minimum absolute atomic E-state index is 0. The number of hydrogen-bond donors (Lipinski definition) is 0. The second kappa shape index (κ2) is 15.2. The summed E-state index contributed by atoms with van der Waals surface area (Å²) >= 11 is 0. The van der Waals surface area contributed by atoms with Crippen LogP contribution in [0.1, 0.15) is 86.7 Å². The fraction of sp³-hybridized carbons (Fsp3) is 0.239. The van der Waals surface area contributed by atoms with Crippen molar-refractivity contribution in [2.24, 2.45) is 0 Å². The van der Waals surface area contributed by atoms with Crippen LogP contribution in [0.2, 0.25) is 0 Å². The molecule has 0 saturated carbocycles. The molecule has 1 radical (unpaired) electrons. The van der Waals surface area contributed by atoms with Crippen LogP contribution in [0.25, 0.3) is 61.4 Å². The number of halogens is 1. The maximum absolute atomic E-state index is 12.7. The first-order valence-corrected chi connectivity index (χ1v) is 17.6. The fourth-order valence-corrected chi connectivity index (χ4v) is 6.74. The summed E-state index contributed by atoms with van der Waals surface area (Å²) in [6.07, 6.45) is 3.19. The summed E-state index contributed by atoms with van der Waals surface area (Å²) in [5, 5.41) is 2.16. The number of pyridine rings is 2. The molecule has 4 aromatic heterocycles. The van der Waals surface area contributed by atoms with Gasteiger partial charge in [0.2, 0.25) is 0 Å². The number of aryl methyl sites for hydroxylation is 1. The van der Waals surface area contributed by atoms with Crippen molar-refractivity contribution in [2.45, 2.75) is 72.6 Å². The van der Waals surface area contributed by atoms with Crippen molar-refractivity contribution in [3.8, 4) is 28.3 Å². The Morgan fingerprint density at radius 3 is 2.23 bits per heavy atom. The van der Waals surface area contributed by atoms with Crippen LogP contribution >= 0.6 is 0 Å². The van der Waals surface area contributed by atoms with E-state index in [1.807, 2.05) is 24.4 Å². The number of hydrogen-bond acceptors (Lipinski definition) is 4. The summed E-state index contributed by atoms with van der Waals surface area (Å²) in [4.78, 5) is 14.0. The van der Waals surface area contributed by atoms with E-state index in [9.17, 15) is 4.39 Å². The predicted molar refractivity (Wildman–Crippen MR) is 210 cm³/mol. The van der Waals surface area contributed by atoms with Crippen molar-refractivity contribution < 1.29 is 33.0 Å². The Kier molecular flexibility index (Phi) is 9.69. The standard InChI is InChI=1S/C34H34N3O.C12H9FN.Ir/c1-20(2)22-13-10-14-23(21(3)4)29(22)37-30-27(34(5,6)7)18-19-35-32(30)36-33(37)26-16-11-15-25-24-12-8-9-17-28(24)38-31(25)26;1-9-2-7-12(14-8-9)10-3-5-11(13)6-4-10;/h8-15,17-21H,1-7H3;2-3,5-8H,1H3;/q2*-1;/i;1D3;. The molecular weight excluding hydrogens is 836 g/mol. The van der Waals surface area contributed by atoms with Crippen LogP contribution in [0.4, 0.5) is 4.39 Å². The van der Waals surface area contributed by atoms with E-state index in [1.54, 1.807) is 12.1 Å². The van der Waals surface area contributed by atoms with E-state index in [0.29, 0.717) is 23.1 Å². The molecule has 0 aliphatic carbocycles. The van der Waals surface area contributed by atoms with Gasteiger partial charge in [0, 0.05) is 53.5 Å². The van der Waals surface area contributed by atoms with E-state index in [-0.39, 0.29) is 36.9 Å². The maximum Gasteiger partial charge on any atom is 0.168 e. The van der Waals surface area contributed by atoms with Gasteiger partial charge in [-0.05, 0) is 64.2 Å². The van der Waals surface area contributed by atoms with Gasteiger partial charge in [-0.2, -0.15) is 0 Å². The zero-order chi connectivity index (χ0) is 39.2. The topological polar surface area (TPSA) is 56.7 Å². The van der Waals surface area contributed by atoms with Crippen molar-refractivity contribution in [1.82, 2.24) is 19.5 Å². The molecule has 0 bridgehead atoms. The molecule has 0 saturated heterocycles. The van der Waals surface area contributed by atoms with E-state index < -0.39 is 6.85 Å². The molecule has 0 atom stereocenters. The van der Waals surface area contributed by atoms with Gasteiger partial charge in [0.1, 0.15) is 5.58 Å². The van der Waals surface area contributed by atoms with Crippen LogP contribution in [-0.4, -0.2) is 19.5 Å². The van der Waals surface area contributed by atoms with Crippen LogP contribution in [0.5, 0.6) is 0 Å². The van der Waals surface area contributed by atoms with Crippen molar-refractivity contribution in [1.29, 1.82) is 0 Å². The van der Waals surface area contributed by atoms with Gasteiger partial charge in [-0.1, -0.05) is 108 Å². The quantitative estimate of drug-likeness (QED) is 0.162. The molecule has 4 heterocycles. The molecule has 5 nitrogen and oxygen atoms in total. The predicted octanol–water partition coefficient (Wildman–Crippen LogP) is 12.3. The number of para-hydroxylation sites is 2. The number of furan rings is 1. The number of imidazole rings is 1. The van der Waals surface area contributed by atoms with Crippen molar-refractivity contribution in [3.63, 3.8) is 0 Å². The van der Waals surface area contributed by atoms with Crippen molar-refractivity contribution >= 4 is 33.1 Å². The van der Waals surface area contributed by atoms with Gasteiger partial charge in [-0.25, -0.2) is 4.98 Å². The van der Waals surface area contributed by atoms with Crippen LogP contribution in [0.15, 0.2) is 108 Å². The summed E-state index contributed by atoms with van der Waals surface area (Å²) in [6.45, 7) is 13.6. The number of benzene rings is 4. The first-order valence-electron chi connectivity index (χ1n) is 19.1. The van der Waals surface area contributed by atoms with Gasteiger partial charge in [-0.15, -0.1) is 48.0 Å². The van der Waals surface area contributed by atoms with E-state index in [2.05, 4.69) is 113 Å². The molecule has 7 heteroatoms. The van der Waals surface area contributed by atoms with Gasteiger partial charge in [0.25, 0.3) is 0 Å². The SMILES string of the molecule is CC(C)c1cccc(C(C)C)c1-n1c(-c2[c-]ccc3c2oc2ccccc23)nc2nccc(C(C)(C)C)c21.[2H]C([2H])([2H])c1ccc(-c2[c-]cc(F)cc2)nc1.[Ir]. The molecule has 0 amide bonds. The van der Waals surface area contributed by atoms with Crippen LogP contribution < -0.4 is 0 Å². The number of rotatable bonds is 5. The average molecular weight is 882 g/mol. The zero-order valence-electron chi connectivity index (χ0n) is 33.9. The first kappa shape index (κ1) is 33.8. The molecule has 0 fully saturated rings. The molecule has 271 valence electrons. The minimum Gasteiger partial charge on any atom is -0.501 e. The summed E-state index contributed by atoms with van der Waals surface area (Å²) in [6, 6.07) is 34.5. The Bertz CT molecular complexity index is 2610. The molecule has 8 rings (SSSR count). The number of aromatic nitrogens is 4. The third-order valence-corrected chi connectivity index (χ3v) is 9.30. The maximum atomic E-state index is 12.7. The van der Waals surface area contributed by atoms with Crippen LogP contribution in [-0.2, 0) is 25.5 Å². The molecule has 0 unspecified atom stereocenters. The van der Waals surface area contributed by atoms with Crippen LogP contribution in [0.3, 0.4) is 0 Å². The molecule has 0 aliphatic rings. The number of nitrogens with zero attached hydrogens (tertiary/aromatic N) is 4. The molecule has 4 aromatic carbocycles. The fourth-order valence-electron chi connectivity index (χ4n) is 6.74. The molecule has 0 N–H and O–H groups in total. The van der Waals surface area contributed by atoms with Gasteiger partial charge in [0.15, 0.2) is 5.65 Å². The smallest absolute Gasteiger partial charge is 0.168 e. The van der Waals surface area contributed by atoms with E-state index in [1.165, 1.54) is 46.8 Å². The Morgan fingerprint density at radius 2 is 1.58 bits per heavy atom. The monoisotopic (exact) mass is 882 g/mol. The third-order valence-electron chi connectivity index (χ3n) is 9.30. The second-order valence-corrected chi connectivity index (χ2v) is 14.7. The Morgan fingerprint density at radius 1 is 0.830 bits per heavy atom. The summed E-state index contributed by atoms with van der Waals surface area (Å²) in [5.41, 5.74) is 10.6. The molecule has 0 aliphatic heterocycles. The summed E-state index contributed by atoms with van der Waals surface area (Å²) in [7, 11) is 0. The van der Waals surface area contributed by atoms with Gasteiger partial charge in [0.05, 0.1) is 16.9 Å². The summed E-state index contributed by atoms with van der Waals surface area (Å²) < 4.78 is 43.2. The second-order valence-electron chi connectivity index (χ2n) is 14.7. The van der Waals surface area contributed by atoms with E-state index in [4.69, 9.17) is 18.5 Å². The molecule has 0 spiro atoms. The molecule has 8 aromatic rings. The Balaban J connectivity index is 0.000000248. The first-order chi connectivity index (χ1) is 26.1. The van der Waals surface area contributed by atoms with E-state index >= 15 is 0 Å². The Hall–Kier alpha value is -4.97. The van der Waals surface area contributed by atoms with E-state index in [0.717, 1.165) is 44.5 Å². The molecule has 53 heavy (non-hydrogen) atoms. The van der Waals surface area contributed by atoms with Crippen molar-refractivity contribution in [2.75, 3.05) is 0 Å². The van der Waals surface area contributed by atoms with Gasteiger partial charge >= 0.3 is 0 Å². The minimum atomic E-state index is -2.15. The van der Waals surface area contributed by atoms with Gasteiger partial charge in [-0.3, -0.25) is 9.37 Å². The average Bonchev–Trinajstić information content (AvgIpc) is 3.73. The zero-order valence-corrected chi connectivity index (χ0v) is 33.3. The Labute approximate surface area is 328 Å². The summed E-state index contributed by atoms with van der Waals surface area (Å²) in [5.74, 6) is 1.10. The van der Waals surface area contributed by atoms with Gasteiger partial charge < -0.3 is 14.0 Å². The van der Waals surface area contributed by atoms with Crippen LogP contribution in [0, 0.1) is 24.8 Å². The largest absolute Gasteiger partial charge is 0.501 e.